The molecule has 4 rings (SSSR count). The standard InChI is InChI=1S/C22H28N4O2/c1-14-8-15(2)10-19(9-14)28-16(3)22(27)26-7-5-20-18(13-26)12-24-21(25-20)17-4-6-23-11-17/h8-10,12,16-17,23H,4-7,11,13H2,1-3H3/t16-,17-/m1/s1. The molecule has 2 aliphatic heterocycles. The van der Waals surface area contributed by atoms with Crippen molar-refractivity contribution in [2.24, 2.45) is 0 Å². The van der Waals surface area contributed by atoms with E-state index in [0.29, 0.717) is 19.0 Å². The summed E-state index contributed by atoms with van der Waals surface area (Å²) >= 11 is 0. The Kier molecular flexibility index (Phi) is 5.31. The van der Waals surface area contributed by atoms with Crippen LogP contribution < -0.4 is 10.1 Å². The first kappa shape index (κ1) is 18.9. The molecule has 0 saturated carbocycles. The van der Waals surface area contributed by atoms with Crippen molar-refractivity contribution < 1.29 is 9.53 Å². The number of hydrogen-bond donors (Lipinski definition) is 1. The molecule has 28 heavy (non-hydrogen) atoms. The lowest BCUT2D eigenvalue weighted by molar-refractivity contribution is -0.138. The zero-order valence-corrected chi connectivity index (χ0v) is 16.9. The Balaban J connectivity index is 1.42. The molecule has 6 heteroatoms. The van der Waals surface area contributed by atoms with E-state index in [0.717, 1.165) is 59.9 Å². The van der Waals surface area contributed by atoms with E-state index in [-0.39, 0.29) is 5.91 Å². The van der Waals surface area contributed by atoms with Crippen LogP contribution in [-0.4, -0.2) is 46.5 Å². The van der Waals surface area contributed by atoms with Gasteiger partial charge in [-0.3, -0.25) is 4.79 Å². The fraction of sp³-hybridized carbons (Fsp3) is 0.500. The predicted octanol–water partition coefficient (Wildman–Crippen LogP) is 2.52. The smallest absolute Gasteiger partial charge is 0.263 e. The molecule has 1 fully saturated rings. The van der Waals surface area contributed by atoms with Crippen LogP contribution in [-0.2, 0) is 17.8 Å². The van der Waals surface area contributed by atoms with Crippen molar-refractivity contribution in [3.8, 4) is 5.75 Å². The third-order valence-electron chi connectivity index (χ3n) is 5.55. The molecule has 2 aliphatic rings. The third kappa shape index (κ3) is 4.02. The first-order valence-electron chi connectivity index (χ1n) is 10.1. The molecule has 0 aliphatic carbocycles. The Labute approximate surface area is 166 Å². The molecule has 148 valence electrons. The van der Waals surface area contributed by atoms with E-state index in [1.54, 1.807) is 0 Å². The van der Waals surface area contributed by atoms with Crippen molar-refractivity contribution in [2.45, 2.75) is 52.2 Å². The summed E-state index contributed by atoms with van der Waals surface area (Å²) in [4.78, 5) is 24.1. The number of nitrogens with zero attached hydrogens (tertiary/aromatic N) is 3. The summed E-state index contributed by atoms with van der Waals surface area (Å²) < 4.78 is 5.94. The Morgan fingerprint density at radius 3 is 2.79 bits per heavy atom. The molecular formula is C22H28N4O2. The summed E-state index contributed by atoms with van der Waals surface area (Å²) in [5, 5.41) is 3.37. The van der Waals surface area contributed by atoms with Crippen LogP contribution in [0.3, 0.4) is 0 Å². The number of nitrogens with one attached hydrogen (secondary N) is 1. The van der Waals surface area contributed by atoms with Crippen LogP contribution >= 0.6 is 0 Å². The number of aryl methyl sites for hydroxylation is 2. The highest BCUT2D eigenvalue weighted by Crippen LogP contribution is 2.24. The average Bonchev–Trinajstić information content (AvgIpc) is 3.20. The number of aromatic nitrogens is 2. The zero-order chi connectivity index (χ0) is 19.7. The topological polar surface area (TPSA) is 67.3 Å². The van der Waals surface area contributed by atoms with Gasteiger partial charge in [0.25, 0.3) is 5.91 Å². The summed E-state index contributed by atoms with van der Waals surface area (Å²) in [5.41, 5.74) is 4.40. The first-order valence-corrected chi connectivity index (χ1v) is 10.1. The minimum atomic E-state index is -0.521. The molecule has 2 aromatic rings. The molecule has 3 heterocycles. The summed E-state index contributed by atoms with van der Waals surface area (Å²) in [5.74, 6) is 2.11. The molecule has 0 bridgehead atoms. The van der Waals surface area contributed by atoms with Gasteiger partial charge in [0.2, 0.25) is 0 Å². The van der Waals surface area contributed by atoms with Crippen LogP contribution in [0.5, 0.6) is 5.75 Å². The summed E-state index contributed by atoms with van der Waals surface area (Å²) in [6.45, 7) is 9.10. The van der Waals surface area contributed by atoms with E-state index in [9.17, 15) is 4.79 Å². The van der Waals surface area contributed by atoms with Crippen LogP contribution in [0.2, 0.25) is 0 Å². The number of ether oxygens (including phenoxy) is 1. The second-order valence-electron chi connectivity index (χ2n) is 7.98. The van der Waals surface area contributed by atoms with Crippen molar-refractivity contribution in [1.29, 1.82) is 0 Å². The van der Waals surface area contributed by atoms with Gasteiger partial charge in [-0.1, -0.05) is 6.07 Å². The number of carbonyl (C=O) groups excluding carboxylic acids is 1. The normalized spacial score (nSPS) is 20.0. The van der Waals surface area contributed by atoms with Crippen molar-refractivity contribution in [3.63, 3.8) is 0 Å². The number of benzene rings is 1. The molecule has 2 atom stereocenters. The minimum absolute atomic E-state index is 0.00822. The van der Waals surface area contributed by atoms with Gasteiger partial charge in [-0.2, -0.15) is 0 Å². The molecule has 1 saturated heterocycles. The van der Waals surface area contributed by atoms with E-state index in [2.05, 4.69) is 16.4 Å². The Bertz CT molecular complexity index is 857. The fourth-order valence-corrected chi connectivity index (χ4v) is 4.10. The lowest BCUT2D eigenvalue weighted by Crippen LogP contribution is -2.43. The first-order chi connectivity index (χ1) is 13.5. The molecule has 1 N–H and O–H groups in total. The monoisotopic (exact) mass is 380 g/mol. The van der Waals surface area contributed by atoms with E-state index in [1.807, 2.05) is 44.0 Å². The molecule has 1 aromatic carbocycles. The molecule has 0 radical (unpaired) electrons. The van der Waals surface area contributed by atoms with Crippen LogP contribution in [0.15, 0.2) is 24.4 Å². The number of carbonyl (C=O) groups is 1. The molecule has 6 nitrogen and oxygen atoms in total. The molecule has 1 amide bonds. The van der Waals surface area contributed by atoms with E-state index < -0.39 is 6.10 Å². The van der Waals surface area contributed by atoms with Gasteiger partial charge in [0.05, 0.1) is 5.69 Å². The summed E-state index contributed by atoms with van der Waals surface area (Å²) in [6.07, 6.45) is 3.25. The second kappa shape index (κ2) is 7.87. The van der Waals surface area contributed by atoms with Gasteiger partial charge in [-0.25, -0.2) is 9.97 Å². The van der Waals surface area contributed by atoms with E-state index >= 15 is 0 Å². The molecular weight excluding hydrogens is 352 g/mol. The van der Waals surface area contributed by atoms with Gasteiger partial charge in [-0.15, -0.1) is 0 Å². The zero-order valence-electron chi connectivity index (χ0n) is 16.9. The molecule has 0 spiro atoms. The maximum absolute atomic E-state index is 12.9. The molecule has 1 aromatic heterocycles. The predicted molar refractivity (Wildman–Crippen MR) is 107 cm³/mol. The average molecular weight is 380 g/mol. The van der Waals surface area contributed by atoms with Crippen LogP contribution in [0.25, 0.3) is 0 Å². The van der Waals surface area contributed by atoms with E-state index in [1.165, 1.54) is 0 Å². The Hall–Kier alpha value is -2.47. The highest BCUT2D eigenvalue weighted by molar-refractivity contribution is 5.81. The third-order valence-corrected chi connectivity index (χ3v) is 5.55. The Morgan fingerprint density at radius 1 is 1.29 bits per heavy atom. The highest BCUT2D eigenvalue weighted by Gasteiger charge is 2.28. The SMILES string of the molecule is Cc1cc(C)cc(O[C@H](C)C(=O)N2CCc3nc([C@@H]4CCNC4)ncc3C2)c1. The minimum Gasteiger partial charge on any atom is -0.481 e. The fourth-order valence-electron chi connectivity index (χ4n) is 4.10. The second-order valence-corrected chi connectivity index (χ2v) is 7.98. The number of amides is 1. The van der Waals surface area contributed by atoms with Gasteiger partial charge < -0.3 is 15.0 Å². The maximum Gasteiger partial charge on any atom is 0.263 e. The lowest BCUT2D eigenvalue weighted by Gasteiger charge is -2.30. The van der Waals surface area contributed by atoms with Crippen LogP contribution in [0.4, 0.5) is 0 Å². The largest absolute Gasteiger partial charge is 0.481 e. The van der Waals surface area contributed by atoms with Gasteiger partial charge in [0, 0.05) is 43.7 Å². The van der Waals surface area contributed by atoms with Crippen molar-refractivity contribution in [2.75, 3.05) is 19.6 Å². The van der Waals surface area contributed by atoms with Gasteiger partial charge in [-0.05, 0) is 57.0 Å². The highest BCUT2D eigenvalue weighted by atomic mass is 16.5. The van der Waals surface area contributed by atoms with Crippen molar-refractivity contribution in [1.82, 2.24) is 20.2 Å². The van der Waals surface area contributed by atoms with E-state index in [4.69, 9.17) is 9.72 Å². The van der Waals surface area contributed by atoms with Crippen LogP contribution in [0.1, 0.15) is 47.5 Å². The summed E-state index contributed by atoms with van der Waals surface area (Å²) in [7, 11) is 0. The maximum atomic E-state index is 12.9. The number of fused-ring (bicyclic) bond motifs is 1. The van der Waals surface area contributed by atoms with Crippen molar-refractivity contribution >= 4 is 5.91 Å². The quantitative estimate of drug-likeness (QED) is 0.883. The lowest BCUT2D eigenvalue weighted by atomic mass is 10.0. The Morgan fingerprint density at radius 2 is 2.07 bits per heavy atom. The van der Waals surface area contributed by atoms with Gasteiger partial charge >= 0.3 is 0 Å². The summed E-state index contributed by atoms with van der Waals surface area (Å²) in [6, 6.07) is 6.03. The van der Waals surface area contributed by atoms with Crippen molar-refractivity contribution in [3.05, 3.63) is 52.6 Å². The number of rotatable bonds is 4. The van der Waals surface area contributed by atoms with Gasteiger partial charge in [0.1, 0.15) is 11.6 Å². The molecule has 0 unspecified atom stereocenters. The number of hydrogen-bond acceptors (Lipinski definition) is 5. The van der Waals surface area contributed by atoms with Crippen LogP contribution in [0, 0.1) is 13.8 Å². The van der Waals surface area contributed by atoms with Gasteiger partial charge in [0.15, 0.2) is 6.10 Å².